The second-order valence-corrected chi connectivity index (χ2v) is 5.71. The quantitative estimate of drug-likeness (QED) is 0.818. The molecular formula is C11H8Br2F3N3O. The fraction of sp³-hybridized carbons (Fsp3) is 0.273. The Morgan fingerprint density at radius 2 is 2.05 bits per heavy atom. The third kappa shape index (κ3) is 3.14. The van der Waals surface area contributed by atoms with Gasteiger partial charge in [-0.05, 0) is 38.8 Å². The predicted molar refractivity (Wildman–Crippen MR) is 76.1 cm³/mol. The zero-order valence-electron chi connectivity index (χ0n) is 10.1. The van der Waals surface area contributed by atoms with E-state index in [4.69, 9.17) is 0 Å². The molecule has 0 spiro atoms. The first-order valence-electron chi connectivity index (χ1n) is 5.37. The van der Waals surface area contributed by atoms with E-state index in [1.165, 1.54) is 12.3 Å². The minimum Gasteiger partial charge on any atom is -0.361 e. The second-order valence-electron chi connectivity index (χ2n) is 4.07. The molecule has 0 amide bonds. The van der Waals surface area contributed by atoms with Crippen molar-refractivity contribution in [3.05, 3.63) is 37.1 Å². The van der Waals surface area contributed by atoms with Crippen molar-refractivity contribution in [1.82, 2.24) is 9.38 Å². The molecule has 0 saturated carbocycles. The van der Waals surface area contributed by atoms with E-state index in [2.05, 4.69) is 42.2 Å². The van der Waals surface area contributed by atoms with Gasteiger partial charge < -0.3 is 9.72 Å². The van der Waals surface area contributed by atoms with E-state index in [9.17, 15) is 18.0 Å². The minimum atomic E-state index is -4.33. The van der Waals surface area contributed by atoms with E-state index < -0.39 is 12.7 Å². The van der Waals surface area contributed by atoms with Crippen molar-refractivity contribution in [2.75, 3.05) is 11.9 Å². The SMILES string of the molecule is Cc1cc(NCC(F)(F)F)nc2c(Br)c(=O)c(Br)cn12. The summed E-state index contributed by atoms with van der Waals surface area (Å²) >= 11 is 6.24. The van der Waals surface area contributed by atoms with Gasteiger partial charge in [-0.25, -0.2) is 4.98 Å². The lowest BCUT2D eigenvalue weighted by Crippen LogP contribution is -2.22. The summed E-state index contributed by atoms with van der Waals surface area (Å²) in [5.41, 5.74) is 0.578. The molecular weight excluding hydrogens is 407 g/mol. The van der Waals surface area contributed by atoms with E-state index in [1.54, 1.807) is 11.3 Å². The fourth-order valence-electron chi connectivity index (χ4n) is 1.61. The van der Waals surface area contributed by atoms with Crippen molar-refractivity contribution in [3.8, 4) is 0 Å². The lowest BCUT2D eigenvalue weighted by molar-refractivity contribution is -0.115. The van der Waals surface area contributed by atoms with Crippen molar-refractivity contribution < 1.29 is 13.2 Å². The number of hydrogen-bond donors (Lipinski definition) is 1. The molecule has 0 aromatic carbocycles. The highest BCUT2D eigenvalue weighted by molar-refractivity contribution is 9.11. The van der Waals surface area contributed by atoms with Gasteiger partial charge in [0.15, 0.2) is 5.65 Å². The Balaban J connectivity index is 2.54. The number of halogens is 5. The number of alkyl halides is 3. The van der Waals surface area contributed by atoms with Crippen molar-refractivity contribution >= 4 is 43.3 Å². The molecule has 0 fully saturated rings. The summed E-state index contributed by atoms with van der Waals surface area (Å²) in [5.74, 6) is 0.0576. The van der Waals surface area contributed by atoms with Gasteiger partial charge in [0.1, 0.15) is 16.8 Å². The standard InChI is InChI=1S/C11H8Br2F3N3O/c1-5-2-7(17-4-11(14,15)16)18-10-8(13)9(20)6(12)3-19(5)10/h2-3H,4H2,1H3,(H,17,18). The van der Waals surface area contributed by atoms with E-state index in [0.29, 0.717) is 10.2 Å². The summed E-state index contributed by atoms with van der Waals surface area (Å²) < 4.78 is 38.7. The van der Waals surface area contributed by atoms with Crippen LogP contribution in [-0.4, -0.2) is 22.1 Å². The topological polar surface area (TPSA) is 46.4 Å². The highest BCUT2D eigenvalue weighted by Crippen LogP contribution is 2.21. The zero-order chi connectivity index (χ0) is 15.1. The lowest BCUT2D eigenvalue weighted by atomic mass is 10.3. The van der Waals surface area contributed by atoms with Gasteiger partial charge in [0.05, 0.1) is 4.47 Å². The van der Waals surface area contributed by atoms with Crippen LogP contribution in [0.2, 0.25) is 0 Å². The molecule has 0 bridgehead atoms. The highest BCUT2D eigenvalue weighted by Gasteiger charge is 2.27. The van der Waals surface area contributed by atoms with E-state index in [-0.39, 0.29) is 21.4 Å². The average Bonchev–Trinajstić information content (AvgIpc) is 2.34. The molecule has 4 nitrogen and oxygen atoms in total. The lowest BCUT2D eigenvalue weighted by Gasteiger charge is -2.13. The molecule has 0 atom stereocenters. The number of pyridine rings is 1. The van der Waals surface area contributed by atoms with E-state index in [1.807, 2.05) is 0 Å². The van der Waals surface area contributed by atoms with E-state index in [0.717, 1.165) is 0 Å². The smallest absolute Gasteiger partial charge is 0.361 e. The van der Waals surface area contributed by atoms with Crippen molar-refractivity contribution in [3.63, 3.8) is 0 Å². The van der Waals surface area contributed by atoms with Crippen molar-refractivity contribution in [2.45, 2.75) is 13.1 Å². The van der Waals surface area contributed by atoms with Crippen LogP contribution in [-0.2, 0) is 0 Å². The third-order valence-electron chi connectivity index (χ3n) is 2.51. The molecule has 0 saturated heterocycles. The van der Waals surface area contributed by atoms with Crippen molar-refractivity contribution in [2.24, 2.45) is 0 Å². The molecule has 2 rings (SSSR count). The van der Waals surface area contributed by atoms with Gasteiger partial charge in [0.25, 0.3) is 0 Å². The van der Waals surface area contributed by atoms with Gasteiger partial charge in [-0.3, -0.25) is 4.79 Å². The third-order valence-corrected chi connectivity index (χ3v) is 3.78. The number of nitrogens with one attached hydrogen (secondary N) is 1. The monoisotopic (exact) mass is 413 g/mol. The number of nitrogens with zero attached hydrogens (tertiary/aromatic N) is 2. The Morgan fingerprint density at radius 1 is 1.40 bits per heavy atom. The number of aromatic nitrogens is 2. The Kier molecular flexibility index (Phi) is 4.10. The van der Waals surface area contributed by atoms with Gasteiger partial charge in [0, 0.05) is 18.0 Å². The van der Waals surface area contributed by atoms with Crippen LogP contribution in [0.3, 0.4) is 0 Å². The predicted octanol–water partition coefficient (Wildman–Crippen LogP) is 3.50. The van der Waals surface area contributed by atoms with Crippen LogP contribution in [0.1, 0.15) is 5.69 Å². The molecule has 0 aliphatic carbocycles. The maximum atomic E-state index is 12.2. The van der Waals surface area contributed by atoms with Crippen LogP contribution in [0.25, 0.3) is 5.65 Å². The normalized spacial score (nSPS) is 11.9. The van der Waals surface area contributed by atoms with Gasteiger partial charge in [-0.2, -0.15) is 13.2 Å². The number of rotatable bonds is 2. The number of hydrogen-bond acceptors (Lipinski definition) is 3. The van der Waals surface area contributed by atoms with Crippen LogP contribution >= 0.6 is 31.9 Å². The molecule has 2 heterocycles. The second kappa shape index (κ2) is 5.36. The molecule has 2 aromatic heterocycles. The Hall–Kier alpha value is -1.09. The fourth-order valence-corrected chi connectivity index (χ4v) is 2.77. The molecule has 1 N–H and O–H groups in total. The summed E-state index contributed by atoms with van der Waals surface area (Å²) in [6, 6.07) is 1.47. The molecule has 2 aromatic rings. The van der Waals surface area contributed by atoms with Gasteiger partial charge in [-0.1, -0.05) is 0 Å². The van der Waals surface area contributed by atoms with Gasteiger partial charge >= 0.3 is 6.18 Å². The first-order valence-corrected chi connectivity index (χ1v) is 6.96. The van der Waals surface area contributed by atoms with Crippen LogP contribution in [0.5, 0.6) is 0 Å². The molecule has 9 heteroatoms. The largest absolute Gasteiger partial charge is 0.405 e. The van der Waals surface area contributed by atoms with Crippen LogP contribution in [0.15, 0.2) is 26.0 Å². The maximum absolute atomic E-state index is 12.2. The number of fused-ring (bicyclic) bond motifs is 1. The zero-order valence-corrected chi connectivity index (χ0v) is 13.2. The molecule has 108 valence electrons. The molecule has 20 heavy (non-hydrogen) atoms. The van der Waals surface area contributed by atoms with Crippen LogP contribution < -0.4 is 10.7 Å². The molecule has 0 aliphatic heterocycles. The molecule has 0 unspecified atom stereocenters. The Bertz CT molecular complexity index is 727. The first-order chi connectivity index (χ1) is 9.19. The highest BCUT2D eigenvalue weighted by atomic mass is 79.9. The minimum absolute atomic E-state index is 0.0576. The Labute approximate surface area is 128 Å². The van der Waals surface area contributed by atoms with Crippen LogP contribution in [0, 0.1) is 6.92 Å². The number of anilines is 1. The number of aryl methyl sites for hydroxylation is 1. The summed E-state index contributed by atoms with van der Waals surface area (Å²) in [4.78, 5) is 15.8. The maximum Gasteiger partial charge on any atom is 0.405 e. The van der Waals surface area contributed by atoms with Gasteiger partial charge in [-0.15, -0.1) is 0 Å². The summed E-state index contributed by atoms with van der Waals surface area (Å²) in [5, 5.41) is 2.19. The molecule has 0 aliphatic rings. The average molecular weight is 415 g/mol. The summed E-state index contributed by atoms with van der Waals surface area (Å²) in [7, 11) is 0. The van der Waals surface area contributed by atoms with E-state index >= 15 is 0 Å². The van der Waals surface area contributed by atoms with Gasteiger partial charge in [0.2, 0.25) is 5.43 Å². The molecule has 0 radical (unpaired) electrons. The summed E-state index contributed by atoms with van der Waals surface area (Å²) in [6.45, 7) is 0.519. The summed E-state index contributed by atoms with van der Waals surface area (Å²) in [6.07, 6.45) is -2.81. The van der Waals surface area contributed by atoms with Crippen molar-refractivity contribution in [1.29, 1.82) is 0 Å². The Morgan fingerprint density at radius 3 is 2.65 bits per heavy atom. The van der Waals surface area contributed by atoms with Crippen LogP contribution in [0.4, 0.5) is 19.0 Å². The first kappa shape index (κ1) is 15.3.